The summed E-state index contributed by atoms with van der Waals surface area (Å²) >= 11 is 2.11. The van der Waals surface area contributed by atoms with Crippen LogP contribution in [0.25, 0.3) is 0 Å². The first kappa shape index (κ1) is 14.6. The predicted molar refractivity (Wildman–Crippen MR) is 77.1 cm³/mol. The van der Waals surface area contributed by atoms with Crippen LogP contribution >= 0.6 is 11.8 Å². The van der Waals surface area contributed by atoms with Gasteiger partial charge in [0.25, 0.3) is 0 Å². The Bertz CT molecular complexity index is 222. The van der Waals surface area contributed by atoms with Gasteiger partial charge in [0.1, 0.15) is 0 Å². The standard InChI is InChI=1S/C14H27NO2S/c1-2-18-13-7-5-6-12(13)15-9-11-17-14-8-3-4-10-16-14/h12-15H,2-11H2,1H3. The van der Waals surface area contributed by atoms with E-state index in [4.69, 9.17) is 9.47 Å². The van der Waals surface area contributed by atoms with Crippen molar-refractivity contribution in [1.29, 1.82) is 0 Å². The van der Waals surface area contributed by atoms with Crippen LogP contribution in [0.3, 0.4) is 0 Å². The molecule has 0 spiro atoms. The summed E-state index contributed by atoms with van der Waals surface area (Å²) in [5.41, 5.74) is 0. The molecule has 1 saturated carbocycles. The molecule has 1 saturated heterocycles. The molecule has 2 aliphatic rings. The maximum atomic E-state index is 5.75. The third-order valence-electron chi connectivity index (χ3n) is 3.78. The van der Waals surface area contributed by atoms with E-state index in [1.54, 1.807) is 0 Å². The number of nitrogens with one attached hydrogen (secondary N) is 1. The topological polar surface area (TPSA) is 30.5 Å². The fraction of sp³-hybridized carbons (Fsp3) is 1.00. The van der Waals surface area contributed by atoms with Crippen LogP contribution in [-0.2, 0) is 9.47 Å². The van der Waals surface area contributed by atoms with Crippen molar-refractivity contribution in [2.24, 2.45) is 0 Å². The molecule has 1 heterocycles. The Labute approximate surface area is 115 Å². The van der Waals surface area contributed by atoms with Crippen LogP contribution in [0.15, 0.2) is 0 Å². The van der Waals surface area contributed by atoms with Crippen LogP contribution in [0, 0.1) is 0 Å². The van der Waals surface area contributed by atoms with E-state index in [0.29, 0.717) is 6.04 Å². The highest BCUT2D eigenvalue weighted by atomic mass is 32.2. The molecule has 1 aliphatic heterocycles. The van der Waals surface area contributed by atoms with Crippen molar-refractivity contribution in [3.63, 3.8) is 0 Å². The minimum Gasteiger partial charge on any atom is -0.353 e. The van der Waals surface area contributed by atoms with Gasteiger partial charge in [-0.2, -0.15) is 11.8 Å². The van der Waals surface area contributed by atoms with E-state index in [9.17, 15) is 0 Å². The van der Waals surface area contributed by atoms with Crippen LogP contribution in [-0.4, -0.2) is 43.1 Å². The van der Waals surface area contributed by atoms with Crippen molar-refractivity contribution in [3.05, 3.63) is 0 Å². The summed E-state index contributed by atoms with van der Waals surface area (Å²) in [6.45, 7) is 4.87. The molecule has 4 heteroatoms. The summed E-state index contributed by atoms with van der Waals surface area (Å²) in [4.78, 5) is 0. The zero-order valence-electron chi connectivity index (χ0n) is 11.5. The third kappa shape index (κ3) is 4.72. The van der Waals surface area contributed by atoms with E-state index in [0.717, 1.165) is 31.4 Å². The Hall–Kier alpha value is 0.230. The zero-order valence-corrected chi connectivity index (χ0v) is 12.3. The fourth-order valence-corrected chi connectivity index (χ4v) is 4.08. The summed E-state index contributed by atoms with van der Waals surface area (Å²) in [6.07, 6.45) is 7.65. The van der Waals surface area contributed by atoms with Gasteiger partial charge in [0, 0.05) is 24.4 Å². The molecular formula is C14H27NO2S. The highest BCUT2D eigenvalue weighted by Crippen LogP contribution is 2.29. The number of hydrogen-bond acceptors (Lipinski definition) is 4. The van der Waals surface area contributed by atoms with Crippen molar-refractivity contribution in [3.8, 4) is 0 Å². The van der Waals surface area contributed by atoms with E-state index >= 15 is 0 Å². The molecule has 106 valence electrons. The summed E-state index contributed by atoms with van der Waals surface area (Å²) < 4.78 is 11.3. The number of thioether (sulfide) groups is 1. The smallest absolute Gasteiger partial charge is 0.157 e. The van der Waals surface area contributed by atoms with Crippen LogP contribution in [0.5, 0.6) is 0 Å². The van der Waals surface area contributed by atoms with Crippen molar-refractivity contribution in [2.45, 2.75) is 63.0 Å². The van der Waals surface area contributed by atoms with Gasteiger partial charge in [-0.1, -0.05) is 13.3 Å². The van der Waals surface area contributed by atoms with Crippen molar-refractivity contribution < 1.29 is 9.47 Å². The maximum Gasteiger partial charge on any atom is 0.157 e. The van der Waals surface area contributed by atoms with Gasteiger partial charge in [-0.15, -0.1) is 0 Å². The van der Waals surface area contributed by atoms with E-state index in [1.807, 2.05) is 0 Å². The molecular weight excluding hydrogens is 246 g/mol. The van der Waals surface area contributed by atoms with Crippen LogP contribution in [0.4, 0.5) is 0 Å². The number of hydrogen-bond donors (Lipinski definition) is 1. The molecule has 0 radical (unpaired) electrons. The first-order chi connectivity index (χ1) is 8.90. The van der Waals surface area contributed by atoms with E-state index in [-0.39, 0.29) is 6.29 Å². The molecule has 1 N–H and O–H groups in total. The monoisotopic (exact) mass is 273 g/mol. The van der Waals surface area contributed by atoms with Crippen LogP contribution in [0.1, 0.15) is 45.4 Å². The first-order valence-electron chi connectivity index (χ1n) is 7.48. The van der Waals surface area contributed by atoms with E-state index < -0.39 is 0 Å². The van der Waals surface area contributed by atoms with Gasteiger partial charge < -0.3 is 14.8 Å². The lowest BCUT2D eigenvalue weighted by atomic mass is 10.2. The predicted octanol–water partition coefficient (Wildman–Crippen LogP) is 2.79. The number of rotatable bonds is 7. The molecule has 2 fully saturated rings. The second-order valence-corrected chi connectivity index (χ2v) is 6.67. The maximum absolute atomic E-state index is 5.75. The van der Waals surface area contributed by atoms with Crippen molar-refractivity contribution in [2.75, 3.05) is 25.5 Å². The molecule has 1 aliphatic carbocycles. The van der Waals surface area contributed by atoms with Gasteiger partial charge in [0.2, 0.25) is 0 Å². The second kappa shape index (κ2) is 8.41. The van der Waals surface area contributed by atoms with Crippen molar-refractivity contribution >= 4 is 11.8 Å². The molecule has 0 aromatic rings. The lowest BCUT2D eigenvalue weighted by molar-refractivity contribution is -0.161. The third-order valence-corrected chi connectivity index (χ3v) is 5.11. The van der Waals surface area contributed by atoms with Gasteiger partial charge in [-0.05, 0) is 37.9 Å². The molecule has 3 unspecified atom stereocenters. The summed E-state index contributed by atoms with van der Waals surface area (Å²) in [5, 5.41) is 4.47. The molecule has 0 aromatic carbocycles. The first-order valence-corrected chi connectivity index (χ1v) is 8.53. The molecule has 0 aromatic heterocycles. The van der Waals surface area contributed by atoms with Crippen molar-refractivity contribution in [1.82, 2.24) is 5.32 Å². The SMILES string of the molecule is CCSC1CCCC1NCCOC1CCCCO1. The molecule has 0 amide bonds. The Morgan fingerprint density at radius 2 is 2.17 bits per heavy atom. The fourth-order valence-electron chi connectivity index (χ4n) is 2.85. The Morgan fingerprint density at radius 1 is 1.22 bits per heavy atom. The zero-order chi connectivity index (χ0) is 12.6. The summed E-state index contributed by atoms with van der Waals surface area (Å²) in [6, 6.07) is 0.700. The Kier molecular flexibility index (Phi) is 6.84. The van der Waals surface area contributed by atoms with Crippen LogP contribution < -0.4 is 5.32 Å². The largest absolute Gasteiger partial charge is 0.353 e. The molecule has 2 rings (SSSR count). The lowest BCUT2D eigenvalue weighted by Gasteiger charge is -2.24. The van der Waals surface area contributed by atoms with Gasteiger partial charge in [0.05, 0.1) is 6.61 Å². The van der Waals surface area contributed by atoms with Gasteiger partial charge in [-0.3, -0.25) is 0 Å². The lowest BCUT2D eigenvalue weighted by Crippen LogP contribution is -2.37. The molecule has 18 heavy (non-hydrogen) atoms. The van der Waals surface area contributed by atoms with Gasteiger partial charge in [-0.25, -0.2) is 0 Å². The minimum atomic E-state index is 0.0601. The Balaban J connectivity index is 1.54. The quantitative estimate of drug-likeness (QED) is 0.723. The van der Waals surface area contributed by atoms with Gasteiger partial charge in [0.15, 0.2) is 6.29 Å². The minimum absolute atomic E-state index is 0.0601. The average molecular weight is 273 g/mol. The van der Waals surface area contributed by atoms with Crippen LogP contribution in [0.2, 0.25) is 0 Å². The summed E-state index contributed by atoms with van der Waals surface area (Å²) in [7, 11) is 0. The average Bonchev–Trinajstić information content (AvgIpc) is 2.84. The van der Waals surface area contributed by atoms with E-state index in [1.165, 1.54) is 37.9 Å². The number of ether oxygens (including phenoxy) is 2. The summed E-state index contributed by atoms with van der Waals surface area (Å²) in [5.74, 6) is 1.23. The highest BCUT2D eigenvalue weighted by molar-refractivity contribution is 7.99. The molecule has 3 nitrogen and oxygen atoms in total. The Morgan fingerprint density at radius 3 is 2.94 bits per heavy atom. The highest BCUT2D eigenvalue weighted by Gasteiger charge is 2.26. The molecule has 0 bridgehead atoms. The van der Waals surface area contributed by atoms with E-state index in [2.05, 4.69) is 24.0 Å². The van der Waals surface area contributed by atoms with Gasteiger partial charge >= 0.3 is 0 Å². The molecule has 3 atom stereocenters. The second-order valence-electron chi connectivity index (χ2n) is 5.15. The normalized spacial score (nSPS) is 32.8.